The normalized spacial score (nSPS) is 14.2. The van der Waals surface area contributed by atoms with Crippen molar-refractivity contribution in [3.8, 4) is 0 Å². The third-order valence-corrected chi connectivity index (χ3v) is 3.30. The molecule has 2 rings (SSSR count). The minimum absolute atomic E-state index is 0.436. The molecule has 2 aromatic rings. The van der Waals surface area contributed by atoms with Crippen molar-refractivity contribution in [2.45, 2.75) is 45.3 Å². The fourth-order valence-electron chi connectivity index (χ4n) is 2.34. The van der Waals surface area contributed by atoms with Crippen LogP contribution in [0.15, 0.2) is 48.8 Å². The molecule has 2 atom stereocenters. The highest BCUT2D eigenvalue weighted by molar-refractivity contribution is 5.14. The number of nitrogens with zero attached hydrogens (tertiary/aromatic N) is 2. The number of hydrogen-bond acceptors (Lipinski definition) is 2. The van der Waals surface area contributed by atoms with Gasteiger partial charge in [0.25, 0.3) is 0 Å². The highest BCUT2D eigenvalue weighted by Crippen LogP contribution is 2.05. The number of aromatic nitrogens is 2. The van der Waals surface area contributed by atoms with E-state index in [1.165, 1.54) is 5.56 Å². The molecule has 2 unspecified atom stereocenters. The summed E-state index contributed by atoms with van der Waals surface area (Å²) >= 11 is 0. The second kappa shape index (κ2) is 7.10. The van der Waals surface area contributed by atoms with Crippen molar-refractivity contribution in [1.82, 2.24) is 15.1 Å². The zero-order chi connectivity index (χ0) is 13.5. The molecule has 0 radical (unpaired) electrons. The number of benzene rings is 1. The lowest BCUT2D eigenvalue weighted by Gasteiger charge is -2.20. The number of nitrogens with one attached hydrogen (secondary N) is 1. The number of rotatable bonds is 7. The molecule has 0 aliphatic carbocycles. The first-order chi connectivity index (χ1) is 9.24. The molecule has 0 fully saturated rings. The quantitative estimate of drug-likeness (QED) is 0.826. The topological polar surface area (TPSA) is 29.9 Å². The van der Waals surface area contributed by atoms with E-state index < -0.39 is 0 Å². The Balaban J connectivity index is 1.70. The van der Waals surface area contributed by atoms with E-state index >= 15 is 0 Å². The van der Waals surface area contributed by atoms with Crippen LogP contribution in [-0.2, 0) is 13.0 Å². The molecule has 0 aliphatic heterocycles. The van der Waals surface area contributed by atoms with Crippen molar-refractivity contribution in [3.05, 3.63) is 54.4 Å². The summed E-state index contributed by atoms with van der Waals surface area (Å²) in [5.74, 6) is 0. The summed E-state index contributed by atoms with van der Waals surface area (Å²) in [4.78, 5) is 0. The summed E-state index contributed by atoms with van der Waals surface area (Å²) in [7, 11) is 0. The van der Waals surface area contributed by atoms with Gasteiger partial charge in [0.15, 0.2) is 0 Å². The highest BCUT2D eigenvalue weighted by Gasteiger charge is 2.08. The molecule has 0 saturated carbocycles. The van der Waals surface area contributed by atoms with Crippen LogP contribution >= 0.6 is 0 Å². The Kier molecular flexibility index (Phi) is 5.16. The summed E-state index contributed by atoms with van der Waals surface area (Å²) in [6.45, 7) is 5.38. The van der Waals surface area contributed by atoms with Crippen molar-refractivity contribution in [2.24, 2.45) is 0 Å². The molecule has 0 amide bonds. The predicted molar refractivity (Wildman–Crippen MR) is 79.0 cm³/mol. The fourth-order valence-corrected chi connectivity index (χ4v) is 2.34. The van der Waals surface area contributed by atoms with Gasteiger partial charge in [-0.1, -0.05) is 30.3 Å². The van der Waals surface area contributed by atoms with Gasteiger partial charge in [-0.05, 0) is 38.3 Å². The maximum atomic E-state index is 4.23. The van der Waals surface area contributed by atoms with Crippen molar-refractivity contribution in [1.29, 1.82) is 0 Å². The van der Waals surface area contributed by atoms with E-state index in [1.54, 1.807) is 0 Å². The zero-order valence-corrected chi connectivity index (χ0v) is 11.8. The van der Waals surface area contributed by atoms with Gasteiger partial charge in [-0.15, -0.1) is 0 Å². The zero-order valence-electron chi connectivity index (χ0n) is 11.8. The fraction of sp³-hybridized carbons (Fsp3) is 0.438. The summed E-state index contributed by atoms with van der Waals surface area (Å²) in [6.07, 6.45) is 6.12. The largest absolute Gasteiger partial charge is 0.310 e. The maximum Gasteiger partial charge on any atom is 0.0560 e. The van der Waals surface area contributed by atoms with Crippen LogP contribution in [0.25, 0.3) is 0 Å². The van der Waals surface area contributed by atoms with Crippen LogP contribution in [0, 0.1) is 0 Å². The van der Waals surface area contributed by atoms with E-state index in [4.69, 9.17) is 0 Å². The first-order valence-electron chi connectivity index (χ1n) is 7.01. The van der Waals surface area contributed by atoms with Gasteiger partial charge in [-0.2, -0.15) is 5.10 Å². The van der Waals surface area contributed by atoms with Gasteiger partial charge >= 0.3 is 0 Å². The lowest BCUT2D eigenvalue weighted by atomic mass is 10.1. The van der Waals surface area contributed by atoms with Crippen molar-refractivity contribution >= 4 is 0 Å². The molecule has 0 aliphatic rings. The Labute approximate surface area is 115 Å². The summed E-state index contributed by atoms with van der Waals surface area (Å²) in [5, 5.41) is 7.86. The van der Waals surface area contributed by atoms with Crippen LogP contribution in [0.3, 0.4) is 0 Å². The third kappa shape index (κ3) is 4.87. The SMILES string of the molecule is CC(CCc1ccccc1)NC(C)Cn1cccn1. The predicted octanol–water partition coefficient (Wildman–Crippen LogP) is 2.88. The van der Waals surface area contributed by atoms with Crippen LogP contribution in [0.2, 0.25) is 0 Å². The van der Waals surface area contributed by atoms with Crippen molar-refractivity contribution in [2.75, 3.05) is 0 Å². The van der Waals surface area contributed by atoms with Crippen molar-refractivity contribution in [3.63, 3.8) is 0 Å². The van der Waals surface area contributed by atoms with Crippen LogP contribution < -0.4 is 5.32 Å². The molecule has 102 valence electrons. The summed E-state index contributed by atoms with van der Waals surface area (Å²) in [6, 6.07) is 13.6. The highest BCUT2D eigenvalue weighted by atomic mass is 15.3. The minimum Gasteiger partial charge on any atom is -0.310 e. The molecular formula is C16H23N3. The minimum atomic E-state index is 0.436. The van der Waals surface area contributed by atoms with E-state index in [9.17, 15) is 0 Å². The first kappa shape index (κ1) is 13.8. The molecule has 1 heterocycles. The number of aryl methyl sites for hydroxylation is 1. The monoisotopic (exact) mass is 257 g/mol. The van der Waals surface area contributed by atoms with E-state index in [0.29, 0.717) is 12.1 Å². The van der Waals surface area contributed by atoms with Crippen LogP contribution in [-0.4, -0.2) is 21.9 Å². The summed E-state index contributed by atoms with van der Waals surface area (Å²) in [5.41, 5.74) is 1.41. The molecule has 19 heavy (non-hydrogen) atoms. The lowest BCUT2D eigenvalue weighted by Crippen LogP contribution is -2.37. The molecule has 0 saturated heterocycles. The Hall–Kier alpha value is -1.61. The smallest absolute Gasteiger partial charge is 0.0560 e. The van der Waals surface area contributed by atoms with Gasteiger partial charge in [0.1, 0.15) is 0 Å². The number of hydrogen-bond donors (Lipinski definition) is 1. The van der Waals surface area contributed by atoms with Crippen LogP contribution in [0.5, 0.6) is 0 Å². The third-order valence-electron chi connectivity index (χ3n) is 3.30. The molecule has 1 aromatic carbocycles. The molecule has 1 aromatic heterocycles. The van der Waals surface area contributed by atoms with Gasteiger partial charge in [-0.25, -0.2) is 0 Å². The van der Waals surface area contributed by atoms with Gasteiger partial charge in [0, 0.05) is 24.5 Å². The molecule has 3 heteroatoms. The average Bonchev–Trinajstić information content (AvgIpc) is 2.90. The van der Waals surface area contributed by atoms with E-state index in [2.05, 4.69) is 54.6 Å². The Morgan fingerprint density at radius 2 is 1.89 bits per heavy atom. The van der Waals surface area contributed by atoms with Gasteiger partial charge in [0.2, 0.25) is 0 Å². The lowest BCUT2D eigenvalue weighted by molar-refractivity contribution is 0.395. The van der Waals surface area contributed by atoms with Crippen molar-refractivity contribution < 1.29 is 0 Å². The van der Waals surface area contributed by atoms with Gasteiger partial charge in [0.05, 0.1) is 6.54 Å². The van der Waals surface area contributed by atoms with E-state index in [-0.39, 0.29) is 0 Å². The molecule has 1 N–H and O–H groups in total. The van der Waals surface area contributed by atoms with E-state index in [0.717, 1.165) is 19.4 Å². The van der Waals surface area contributed by atoms with Crippen LogP contribution in [0.4, 0.5) is 0 Å². The molecular weight excluding hydrogens is 234 g/mol. The van der Waals surface area contributed by atoms with E-state index in [1.807, 2.05) is 23.1 Å². The van der Waals surface area contributed by atoms with Gasteiger partial charge in [-0.3, -0.25) is 4.68 Å². The Morgan fingerprint density at radius 1 is 1.11 bits per heavy atom. The first-order valence-corrected chi connectivity index (χ1v) is 7.01. The second-order valence-electron chi connectivity index (χ2n) is 5.22. The summed E-state index contributed by atoms with van der Waals surface area (Å²) < 4.78 is 1.97. The maximum absolute atomic E-state index is 4.23. The molecule has 0 bridgehead atoms. The average molecular weight is 257 g/mol. The standard InChI is InChI=1S/C16H23N3/c1-14(9-10-16-7-4-3-5-8-16)18-15(2)13-19-12-6-11-17-19/h3-8,11-12,14-15,18H,9-10,13H2,1-2H3. The molecule has 0 spiro atoms. The Morgan fingerprint density at radius 3 is 2.58 bits per heavy atom. The molecule has 3 nitrogen and oxygen atoms in total. The van der Waals surface area contributed by atoms with Gasteiger partial charge < -0.3 is 5.32 Å². The van der Waals surface area contributed by atoms with Crippen LogP contribution in [0.1, 0.15) is 25.8 Å². The Bertz CT molecular complexity index is 450. The second-order valence-corrected chi connectivity index (χ2v) is 5.22.